The highest BCUT2D eigenvalue weighted by Gasteiger charge is 2.28. The highest BCUT2D eigenvalue weighted by molar-refractivity contribution is 5.89. The van der Waals surface area contributed by atoms with E-state index < -0.39 is 5.97 Å². The summed E-state index contributed by atoms with van der Waals surface area (Å²) in [4.78, 5) is 15.5. The summed E-state index contributed by atoms with van der Waals surface area (Å²) in [7, 11) is 0. The van der Waals surface area contributed by atoms with Crippen LogP contribution >= 0.6 is 0 Å². The summed E-state index contributed by atoms with van der Waals surface area (Å²) < 4.78 is 1.57. The molecule has 0 radical (unpaired) electrons. The maximum atomic E-state index is 11.2. The quantitative estimate of drug-likeness (QED) is 0.859. The SMILES string of the molecule is O=C(O)c1nn2cccnc2c1C1CCCC1. The molecule has 0 aliphatic heterocycles. The van der Waals surface area contributed by atoms with Crippen LogP contribution in [0, 0.1) is 0 Å². The smallest absolute Gasteiger partial charge is 0.356 e. The van der Waals surface area contributed by atoms with Gasteiger partial charge in [-0.3, -0.25) is 0 Å². The molecule has 1 aliphatic carbocycles. The molecule has 2 heterocycles. The van der Waals surface area contributed by atoms with Gasteiger partial charge < -0.3 is 5.11 Å². The summed E-state index contributed by atoms with van der Waals surface area (Å²) in [6.07, 6.45) is 7.83. The van der Waals surface area contributed by atoms with Crippen molar-refractivity contribution < 1.29 is 9.90 Å². The molecule has 5 heteroatoms. The maximum Gasteiger partial charge on any atom is 0.356 e. The molecule has 0 bridgehead atoms. The molecule has 0 spiro atoms. The second-order valence-corrected chi connectivity index (χ2v) is 4.44. The third-order valence-corrected chi connectivity index (χ3v) is 3.40. The lowest BCUT2D eigenvalue weighted by atomic mass is 9.97. The highest BCUT2D eigenvalue weighted by atomic mass is 16.4. The summed E-state index contributed by atoms with van der Waals surface area (Å²) in [6, 6.07) is 1.75. The van der Waals surface area contributed by atoms with Crippen molar-refractivity contribution in [3.05, 3.63) is 29.7 Å². The van der Waals surface area contributed by atoms with Gasteiger partial charge in [0, 0.05) is 18.0 Å². The number of carbonyl (C=O) groups is 1. The fraction of sp³-hybridized carbons (Fsp3) is 0.417. The lowest BCUT2D eigenvalue weighted by Gasteiger charge is -2.07. The van der Waals surface area contributed by atoms with Crippen LogP contribution in [0.2, 0.25) is 0 Å². The molecule has 5 nitrogen and oxygen atoms in total. The van der Waals surface area contributed by atoms with E-state index in [1.54, 1.807) is 23.0 Å². The molecule has 0 unspecified atom stereocenters. The Labute approximate surface area is 98.1 Å². The summed E-state index contributed by atoms with van der Waals surface area (Å²) in [5.41, 5.74) is 1.67. The molecule has 1 saturated carbocycles. The van der Waals surface area contributed by atoms with E-state index >= 15 is 0 Å². The minimum absolute atomic E-state index is 0.163. The van der Waals surface area contributed by atoms with Crippen LogP contribution in [0.25, 0.3) is 5.65 Å². The van der Waals surface area contributed by atoms with E-state index in [1.807, 2.05) is 0 Å². The molecular formula is C12H13N3O2. The van der Waals surface area contributed by atoms with E-state index in [9.17, 15) is 9.90 Å². The number of hydrogen-bond donors (Lipinski definition) is 1. The molecule has 0 aromatic carbocycles. The van der Waals surface area contributed by atoms with E-state index in [-0.39, 0.29) is 5.69 Å². The molecule has 2 aromatic heterocycles. The first-order valence-electron chi connectivity index (χ1n) is 5.84. The first-order valence-corrected chi connectivity index (χ1v) is 5.84. The number of aromatic carboxylic acids is 1. The number of nitrogens with zero attached hydrogens (tertiary/aromatic N) is 3. The number of fused-ring (bicyclic) bond motifs is 1. The van der Waals surface area contributed by atoms with E-state index in [2.05, 4.69) is 10.1 Å². The largest absolute Gasteiger partial charge is 0.476 e. The molecule has 1 aliphatic rings. The number of carboxylic acids is 1. The van der Waals surface area contributed by atoms with Gasteiger partial charge in [-0.05, 0) is 24.8 Å². The average Bonchev–Trinajstić information content (AvgIpc) is 2.94. The van der Waals surface area contributed by atoms with Gasteiger partial charge in [0.1, 0.15) is 0 Å². The zero-order valence-corrected chi connectivity index (χ0v) is 9.33. The lowest BCUT2D eigenvalue weighted by Crippen LogP contribution is -2.04. The van der Waals surface area contributed by atoms with Crippen LogP contribution in [-0.2, 0) is 0 Å². The Kier molecular flexibility index (Phi) is 2.31. The summed E-state index contributed by atoms with van der Waals surface area (Å²) in [6.45, 7) is 0. The standard InChI is InChI=1S/C12H13N3O2/c16-12(17)10-9(8-4-1-2-5-8)11-13-6-3-7-15(11)14-10/h3,6-8H,1-2,4-5H2,(H,16,17). The van der Waals surface area contributed by atoms with Crippen LogP contribution in [0.15, 0.2) is 18.5 Å². The topological polar surface area (TPSA) is 67.5 Å². The van der Waals surface area contributed by atoms with Crippen molar-refractivity contribution in [2.75, 3.05) is 0 Å². The van der Waals surface area contributed by atoms with Crippen LogP contribution in [0.3, 0.4) is 0 Å². The lowest BCUT2D eigenvalue weighted by molar-refractivity contribution is 0.0688. The Hall–Kier alpha value is -1.91. The van der Waals surface area contributed by atoms with Crippen molar-refractivity contribution in [2.24, 2.45) is 0 Å². The van der Waals surface area contributed by atoms with Crippen LogP contribution in [0.4, 0.5) is 0 Å². The van der Waals surface area contributed by atoms with Crippen molar-refractivity contribution >= 4 is 11.6 Å². The first-order chi connectivity index (χ1) is 8.27. The second-order valence-electron chi connectivity index (χ2n) is 4.44. The molecule has 1 N–H and O–H groups in total. The van der Waals surface area contributed by atoms with Crippen molar-refractivity contribution in [1.29, 1.82) is 0 Å². The molecule has 88 valence electrons. The Balaban J connectivity index is 2.24. The van der Waals surface area contributed by atoms with E-state index in [0.29, 0.717) is 11.6 Å². The Morgan fingerprint density at radius 1 is 1.41 bits per heavy atom. The number of aromatic nitrogens is 3. The summed E-state index contributed by atoms with van der Waals surface area (Å²) in [5, 5.41) is 13.3. The third kappa shape index (κ3) is 1.58. The van der Waals surface area contributed by atoms with E-state index in [4.69, 9.17) is 0 Å². The van der Waals surface area contributed by atoms with Crippen LogP contribution in [0.5, 0.6) is 0 Å². The monoisotopic (exact) mass is 231 g/mol. The van der Waals surface area contributed by atoms with Crippen molar-refractivity contribution in [3.8, 4) is 0 Å². The summed E-state index contributed by atoms with van der Waals surface area (Å²) in [5.74, 6) is -0.661. The van der Waals surface area contributed by atoms with E-state index in [1.165, 1.54) is 0 Å². The highest BCUT2D eigenvalue weighted by Crippen LogP contribution is 2.37. The predicted molar refractivity (Wildman–Crippen MR) is 61.2 cm³/mol. The average molecular weight is 231 g/mol. The normalized spacial score (nSPS) is 16.7. The number of rotatable bonds is 2. The van der Waals surface area contributed by atoms with Gasteiger partial charge >= 0.3 is 5.97 Å². The molecule has 2 aromatic rings. The van der Waals surface area contributed by atoms with Crippen LogP contribution in [-0.4, -0.2) is 25.7 Å². The van der Waals surface area contributed by atoms with Crippen LogP contribution < -0.4 is 0 Å². The van der Waals surface area contributed by atoms with Crippen LogP contribution in [0.1, 0.15) is 47.7 Å². The molecular weight excluding hydrogens is 218 g/mol. The van der Waals surface area contributed by atoms with Gasteiger partial charge in [-0.15, -0.1) is 0 Å². The van der Waals surface area contributed by atoms with E-state index in [0.717, 1.165) is 31.2 Å². The Morgan fingerprint density at radius 3 is 2.88 bits per heavy atom. The first kappa shape index (κ1) is 10.3. The molecule has 0 amide bonds. The van der Waals surface area contributed by atoms with Crippen molar-refractivity contribution in [1.82, 2.24) is 14.6 Å². The van der Waals surface area contributed by atoms with Gasteiger partial charge in [0.2, 0.25) is 0 Å². The second kappa shape index (κ2) is 3.84. The van der Waals surface area contributed by atoms with Gasteiger partial charge in [0.25, 0.3) is 0 Å². The predicted octanol–water partition coefficient (Wildman–Crippen LogP) is 2.09. The number of carboxylic acid groups (broad SMARTS) is 1. The maximum absolute atomic E-state index is 11.2. The zero-order chi connectivity index (χ0) is 11.8. The minimum atomic E-state index is -0.961. The summed E-state index contributed by atoms with van der Waals surface area (Å²) >= 11 is 0. The van der Waals surface area contributed by atoms with Crippen molar-refractivity contribution in [2.45, 2.75) is 31.6 Å². The zero-order valence-electron chi connectivity index (χ0n) is 9.33. The molecule has 17 heavy (non-hydrogen) atoms. The molecule has 0 atom stereocenters. The third-order valence-electron chi connectivity index (χ3n) is 3.40. The van der Waals surface area contributed by atoms with Gasteiger partial charge in [0.05, 0.1) is 0 Å². The van der Waals surface area contributed by atoms with Gasteiger partial charge in [-0.25, -0.2) is 14.3 Å². The molecule has 1 fully saturated rings. The van der Waals surface area contributed by atoms with Gasteiger partial charge in [0.15, 0.2) is 11.3 Å². The Morgan fingerprint density at radius 2 is 2.18 bits per heavy atom. The molecule has 3 rings (SSSR count). The Bertz CT molecular complexity index is 570. The fourth-order valence-corrected chi connectivity index (χ4v) is 2.65. The minimum Gasteiger partial charge on any atom is -0.476 e. The van der Waals surface area contributed by atoms with Gasteiger partial charge in [-0.1, -0.05) is 12.8 Å². The fourth-order valence-electron chi connectivity index (χ4n) is 2.65. The van der Waals surface area contributed by atoms with Gasteiger partial charge in [-0.2, -0.15) is 5.10 Å². The molecule has 0 saturated heterocycles. The van der Waals surface area contributed by atoms with Crippen molar-refractivity contribution in [3.63, 3.8) is 0 Å². The number of hydrogen-bond acceptors (Lipinski definition) is 3.